The monoisotopic (exact) mass is 624 g/mol. The minimum atomic E-state index is -1.87. The highest BCUT2D eigenvalue weighted by Crippen LogP contribution is 2.38. The molecule has 10 atom stereocenters. The minimum Gasteiger partial charge on any atom is -0.507 e. The van der Waals surface area contributed by atoms with Gasteiger partial charge in [-0.25, -0.2) is 0 Å². The Morgan fingerprint density at radius 2 is 1.27 bits per heavy atom. The van der Waals surface area contributed by atoms with Crippen molar-refractivity contribution in [3.05, 3.63) is 46.6 Å². The molecule has 3 aromatic rings. The topological polar surface area (TPSA) is 258 Å². The van der Waals surface area contributed by atoms with Crippen LogP contribution in [0.5, 0.6) is 23.0 Å². The Kier molecular flexibility index (Phi) is 9.28. The highest BCUT2D eigenvalue weighted by atomic mass is 16.7. The molecular formula is C28H32O16. The largest absolute Gasteiger partial charge is 0.507 e. The van der Waals surface area contributed by atoms with Gasteiger partial charge in [0.25, 0.3) is 0 Å². The molecular weight excluding hydrogens is 592 g/mol. The molecule has 16 heteroatoms. The number of benzene rings is 2. The summed E-state index contributed by atoms with van der Waals surface area (Å²) < 4.78 is 33.2. The first-order chi connectivity index (χ1) is 21.0. The van der Waals surface area contributed by atoms with Crippen molar-refractivity contribution in [1.29, 1.82) is 0 Å². The van der Waals surface area contributed by atoms with Crippen LogP contribution in [0.3, 0.4) is 0 Å². The summed E-state index contributed by atoms with van der Waals surface area (Å²) in [7, 11) is 1.34. The Labute approximate surface area is 248 Å². The first-order valence-electron chi connectivity index (χ1n) is 13.4. The van der Waals surface area contributed by atoms with Gasteiger partial charge in [-0.3, -0.25) is 4.79 Å². The van der Waals surface area contributed by atoms with Gasteiger partial charge in [-0.15, -0.1) is 0 Å². The Morgan fingerprint density at radius 3 is 1.80 bits per heavy atom. The first-order valence-corrected chi connectivity index (χ1v) is 13.4. The molecule has 2 saturated heterocycles. The van der Waals surface area contributed by atoms with E-state index in [-0.39, 0.29) is 33.8 Å². The second-order valence-electron chi connectivity index (χ2n) is 10.3. The molecule has 0 amide bonds. The van der Waals surface area contributed by atoms with Gasteiger partial charge in [0.2, 0.25) is 23.8 Å². The summed E-state index contributed by atoms with van der Waals surface area (Å²) in [5.41, 5.74) is -0.822. The van der Waals surface area contributed by atoms with Gasteiger partial charge in [0.15, 0.2) is 5.76 Å². The van der Waals surface area contributed by atoms with Crippen molar-refractivity contribution in [3.8, 4) is 34.3 Å². The average Bonchev–Trinajstić information content (AvgIpc) is 3.02. The summed E-state index contributed by atoms with van der Waals surface area (Å²) in [6.45, 7) is -1.40. The summed E-state index contributed by atoms with van der Waals surface area (Å²) >= 11 is 0. The van der Waals surface area contributed by atoms with E-state index in [2.05, 4.69) is 0 Å². The third kappa shape index (κ3) is 5.80. The zero-order valence-electron chi connectivity index (χ0n) is 23.0. The number of aromatic hydroxyl groups is 1. The maximum Gasteiger partial charge on any atom is 0.239 e. The summed E-state index contributed by atoms with van der Waals surface area (Å²) in [5, 5.41) is 90.4. The van der Waals surface area contributed by atoms with Crippen LogP contribution in [0.4, 0.5) is 0 Å². The first kappa shape index (κ1) is 31.9. The van der Waals surface area contributed by atoms with Crippen molar-refractivity contribution >= 4 is 11.0 Å². The van der Waals surface area contributed by atoms with Crippen LogP contribution in [0.1, 0.15) is 0 Å². The van der Waals surface area contributed by atoms with E-state index in [4.69, 9.17) is 28.1 Å². The van der Waals surface area contributed by atoms with Crippen molar-refractivity contribution in [2.24, 2.45) is 0 Å². The number of rotatable bonds is 8. The molecule has 44 heavy (non-hydrogen) atoms. The van der Waals surface area contributed by atoms with Crippen molar-refractivity contribution in [2.45, 2.75) is 61.4 Å². The number of hydrogen-bond acceptors (Lipinski definition) is 16. The summed E-state index contributed by atoms with van der Waals surface area (Å²) in [4.78, 5) is 13.7. The van der Waals surface area contributed by atoms with E-state index in [1.54, 1.807) is 0 Å². The van der Waals surface area contributed by atoms with Crippen LogP contribution in [0.15, 0.2) is 45.6 Å². The van der Waals surface area contributed by atoms with Crippen molar-refractivity contribution in [1.82, 2.24) is 0 Å². The summed E-state index contributed by atoms with van der Waals surface area (Å²) in [5.74, 6) is -1.05. The van der Waals surface area contributed by atoms with Crippen molar-refractivity contribution < 1.29 is 74.1 Å². The SMILES string of the molecule is COc1cc(O)c2c(=O)c(O[C@@H]3O[C@H](CO)[C@H](O)[C@@H](O)[C@H]3O)c(-c3ccc(O[C@@H]4O[C@H](CO)[C@@H](O)[C@H](O)[C@H]4O)cc3)oc2c1. The van der Waals surface area contributed by atoms with Crippen LogP contribution in [-0.4, -0.2) is 128 Å². The third-order valence-electron chi connectivity index (χ3n) is 7.44. The van der Waals surface area contributed by atoms with Crippen LogP contribution < -0.4 is 19.6 Å². The lowest BCUT2D eigenvalue weighted by Gasteiger charge is -2.39. The standard InChI is InChI=1S/C28H32O16/c1-39-12-6-13(31)17-14(7-12)41-25(26(20(17)34)44-28-24(38)22(36)19(33)16(9-30)43-28)10-2-4-11(5-3-10)40-27-23(37)21(35)18(32)15(8-29)42-27/h2-7,15-16,18-19,21-24,27-33,35-38H,8-9H2,1H3/t15-,16-,18-,19+,21+,22-,23-,24-,27-,28+/m1/s1. The Bertz CT molecular complexity index is 1500. The van der Waals surface area contributed by atoms with E-state index >= 15 is 0 Å². The van der Waals surface area contributed by atoms with Crippen LogP contribution >= 0.6 is 0 Å². The molecule has 2 aliphatic rings. The van der Waals surface area contributed by atoms with Crippen LogP contribution in [0, 0.1) is 0 Å². The van der Waals surface area contributed by atoms with E-state index in [0.717, 1.165) is 0 Å². The summed E-state index contributed by atoms with van der Waals surface area (Å²) in [6.07, 6.45) is -16.0. The second-order valence-corrected chi connectivity index (χ2v) is 10.3. The molecule has 0 aliphatic carbocycles. The van der Waals surface area contributed by atoms with Gasteiger partial charge in [-0.1, -0.05) is 0 Å². The molecule has 1 aromatic heterocycles. The highest BCUT2D eigenvalue weighted by molar-refractivity contribution is 5.88. The van der Waals surface area contributed by atoms with Crippen LogP contribution in [0.2, 0.25) is 0 Å². The Morgan fingerprint density at radius 1 is 0.727 bits per heavy atom. The average molecular weight is 625 g/mol. The molecule has 0 spiro atoms. The maximum atomic E-state index is 13.7. The number of ether oxygens (including phenoxy) is 5. The van der Waals surface area contributed by atoms with Gasteiger partial charge in [0.05, 0.1) is 20.3 Å². The molecule has 0 radical (unpaired) electrons. The molecule has 0 saturated carbocycles. The number of methoxy groups -OCH3 is 1. The lowest BCUT2D eigenvalue weighted by molar-refractivity contribution is -0.277. The van der Waals surface area contributed by atoms with Crippen molar-refractivity contribution in [2.75, 3.05) is 20.3 Å². The quantitative estimate of drug-likeness (QED) is 0.126. The number of phenolic OH excluding ortho intramolecular Hbond substituents is 1. The second kappa shape index (κ2) is 12.8. The molecule has 16 nitrogen and oxygen atoms in total. The number of phenols is 1. The fourth-order valence-corrected chi connectivity index (χ4v) is 4.94. The van der Waals surface area contributed by atoms with Gasteiger partial charge in [-0.2, -0.15) is 0 Å². The maximum absolute atomic E-state index is 13.7. The van der Waals surface area contributed by atoms with E-state index in [1.807, 2.05) is 0 Å². The third-order valence-corrected chi connectivity index (χ3v) is 7.44. The zero-order valence-corrected chi connectivity index (χ0v) is 23.0. The van der Waals surface area contributed by atoms with Gasteiger partial charge < -0.3 is 74.1 Å². The predicted molar refractivity (Wildman–Crippen MR) is 145 cm³/mol. The van der Waals surface area contributed by atoms with Crippen LogP contribution in [-0.2, 0) is 9.47 Å². The molecule has 2 aliphatic heterocycles. The number of fused-ring (bicyclic) bond motifs is 1. The summed E-state index contributed by atoms with van der Waals surface area (Å²) in [6, 6.07) is 8.08. The molecule has 0 bridgehead atoms. The molecule has 0 unspecified atom stereocenters. The van der Waals surface area contributed by atoms with Gasteiger partial charge in [-0.05, 0) is 24.3 Å². The number of aliphatic hydroxyl groups is 8. The fraction of sp³-hybridized carbons (Fsp3) is 0.464. The van der Waals surface area contributed by atoms with Crippen LogP contribution in [0.25, 0.3) is 22.3 Å². The van der Waals surface area contributed by atoms with E-state index < -0.39 is 91.6 Å². The Balaban J connectivity index is 1.53. The minimum absolute atomic E-state index is 0.0944. The lowest BCUT2D eigenvalue weighted by atomic mass is 9.99. The highest BCUT2D eigenvalue weighted by Gasteiger charge is 2.46. The Hall–Kier alpha value is -3.55. The number of hydrogen-bond donors (Lipinski definition) is 9. The van der Waals surface area contributed by atoms with E-state index in [0.29, 0.717) is 0 Å². The molecule has 240 valence electrons. The predicted octanol–water partition coefficient (Wildman–Crippen LogP) is -2.47. The molecule has 3 heterocycles. The normalized spacial score (nSPS) is 32.4. The fourth-order valence-electron chi connectivity index (χ4n) is 4.94. The van der Waals surface area contributed by atoms with Gasteiger partial charge >= 0.3 is 0 Å². The molecule has 2 fully saturated rings. The van der Waals surface area contributed by atoms with E-state index in [1.165, 1.54) is 43.5 Å². The smallest absolute Gasteiger partial charge is 0.239 e. The van der Waals surface area contributed by atoms with Crippen molar-refractivity contribution in [3.63, 3.8) is 0 Å². The van der Waals surface area contributed by atoms with Gasteiger partial charge in [0.1, 0.15) is 77.0 Å². The van der Waals surface area contributed by atoms with Gasteiger partial charge in [0, 0.05) is 17.7 Å². The van der Waals surface area contributed by atoms with E-state index in [9.17, 15) is 50.8 Å². The number of aliphatic hydroxyl groups excluding tert-OH is 8. The molecule has 2 aromatic carbocycles. The lowest BCUT2D eigenvalue weighted by Crippen LogP contribution is -2.60. The molecule has 9 N–H and O–H groups in total. The zero-order chi connectivity index (χ0) is 31.9. The molecule has 5 rings (SSSR count).